The third-order valence-electron chi connectivity index (χ3n) is 3.45. The zero-order valence-corrected chi connectivity index (χ0v) is 10.8. The highest BCUT2D eigenvalue weighted by Gasteiger charge is 2.23. The fraction of sp³-hybridized carbons (Fsp3) is 0.500. The second kappa shape index (κ2) is 5.54. The molecule has 2 nitrogen and oxygen atoms in total. The molecule has 1 N–H and O–H groups in total. The Hall–Kier alpha value is -1.02. The Balaban J connectivity index is 1.93. The molecule has 92 valence electrons. The average Bonchev–Trinajstić information content (AvgIpc) is 2.83. The van der Waals surface area contributed by atoms with Crippen molar-refractivity contribution in [3.63, 3.8) is 0 Å². The first-order chi connectivity index (χ1) is 8.16. The predicted molar refractivity (Wildman–Crippen MR) is 70.0 cm³/mol. The van der Waals surface area contributed by atoms with E-state index in [-0.39, 0.29) is 17.9 Å². The number of carbonyl (C=O) groups is 1. The van der Waals surface area contributed by atoms with Gasteiger partial charge in [0.2, 0.25) is 5.91 Å². The van der Waals surface area contributed by atoms with Crippen molar-refractivity contribution in [3.05, 3.63) is 34.9 Å². The summed E-state index contributed by atoms with van der Waals surface area (Å²) < 4.78 is 0. The molecule has 1 atom stereocenters. The van der Waals surface area contributed by atoms with Gasteiger partial charge in [0.1, 0.15) is 0 Å². The molecule has 1 unspecified atom stereocenters. The van der Waals surface area contributed by atoms with Crippen LogP contribution >= 0.6 is 11.6 Å². The van der Waals surface area contributed by atoms with Crippen molar-refractivity contribution in [3.8, 4) is 0 Å². The Labute approximate surface area is 107 Å². The fourth-order valence-electron chi connectivity index (χ4n) is 2.35. The molecule has 1 aromatic rings. The van der Waals surface area contributed by atoms with Crippen molar-refractivity contribution in [2.24, 2.45) is 5.92 Å². The topological polar surface area (TPSA) is 29.1 Å². The second-order valence-corrected chi connectivity index (χ2v) is 5.20. The minimum Gasteiger partial charge on any atom is -0.349 e. The van der Waals surface area contributed by atoms with E-state index in [4.69, 9.17) is 11.6 Å². The lowest BCUT2D eigenvalue weighted by molar-refractivity contribution is -0.125. The maximum Gasteiger partial charge on any atom is 0.223 e. The Morgan fingerprint density at radius 2 is 1.88 bits per heavy atom. The van der Waals surface area contributed by atoms with Crippen molar-refractivity contribution < 1.29 is 4.79 Å². The van der Waals surface area contributed by atoms with Crippen LogP contribution in [0.1, 0.15) is 44.2 Å². The summed E-state index contributed by atoms with van der Waals surface area (Å²) in [6.45, 7) is 2.01. The smallest absolute Gasteiger partial charge is 0.223 e. The third kappa shape index (κ3) is 3.22. The Kier molecular flexibility index (Phi) is 4.06. The molecule has 0 heterocycles. The van der Waals surface area contributed by atoms with E-state index in [1.807, 2.05) is 31.2 Å². The van der Waals surface area contributed by atoms with Crippen molar-refractivity contribution in [2.75, 3.05) is 0 Å². The third-order valence-corrected chi connectivity index (χ3v) is 3.71. The van der Waals surface area contributed by atoms with E-state index < -0.39 is 0 Å². The molecule has 1 fully saturated rings. The van der Waals surface area contributed by atoms with Gasteiger partial charge in [-0.05, 0) is 37.5 Å². The highest BCUT2D eigenvalue weighted by molar-refractivity contribution is 6.30. The van der Waals surface area contributed by atoms with Gasteiger partial charge in [-0.1, -0.05) is 36.6 Å². The van der Waals surface area contributed by atoms with Crippen LogP contribution < -0.4 is 5.32 Å². The van der Waals surface area contributed by atoms with Gasteiger partial charge in [0.05, 0.1) is 6.04 Å². The molecule has 17 heavy (non-hydrogen) atoms. The number of amides is 1. The molecule has 0 aromatic heterocycles. The van der Waals surface area contributed by atoms with Gasteiger partial charge in [0.15, 0.2) is 0 Å². The highest BCUT2D eigenvalue weighted by atomic mass is 35.5. The lowest BCUT2D eigenvalue weighted by Crippen LogP contribution is -2.31. The molecule has 0 aliphatic heterocycles. The highest BCUT2D eigenvalue weighted by Crippen LogP contribution is 2.25. The van der Waals surface area contributed by atoms with Crippen LogP contribution in [0.2, 0.25) is 5.02 Å². The van der Waals surface area contributed by atoms with Crippen LogP contribution in [-0.2, 0) is 4.79 Å². The molecule has 0 bridgehead atoms. The van der Waals surface area contributed by atoms with Gasteiger partial charge in [-0.15, -0.1) is 0 Å². The van der Waals surface area contributed by atoms with E-state index in [1.165, 1.54) is 12.8 Å². The van der Waals surface area contributed by atoms with Gasteiger partial charge in [0, 0.05) is 10.9 Å². The number of hydrogen-bond donors (Lipinski definition) is 1. The zero-order valence-electron chi connectivity index (χ0n) is 10.1. The number of rotatable bonds is 3. The summed E-state index contributed by atoms with van der Waals surface area (Å²) in [5, 5.41) is 3.80. The molecule has 1 amide bonds. The molecular formula is C14H18ClNO. The van der Waals surface area contributed by atoms with E-state index in [9.17, 15) is 4.79 Å². The predicted octanol–water partition coefficient (Wildman–Crippen LogP) is 3.71. The lowest BCUT2D eigenvalue weighted by atomic mass is 10.0. The lowest BCUT2D eigenvalue weighted by Gasteiger charge is -2.17. The van der Waals surface area contributed by atoms with Gasteiger partial charge >= 0.3 is 0 Å². The molecule has 0 spiro atoms. The monoisotopic (exact) mass is 251 g/mol. The van der Waals surface area contributed by atoms with Crippen LogP contribution in [0.25, 0.3) is 0 Å². The van der Waals surface area contributed by atoms with Crippen LogP contribution in [0, 0.1) is 5.92 Å². The largest absolute Gasteiger partial charge is 0.349 e. The van der Waals surface area contributed by atoms with E-state index in [2.05, 4.69) is 5.32 Å². The molecule has 3 heteroatoms. The quantitative estimate of drug-likeness (QED) is 0.872. The van der Waals surface area contributed by atoms with Crippen molar-refractivity contribution in [1.29, 1.82) is 0 Å². The summed E-state index contributed by atoms with van der Waals surface area (Å²) in [5.41, 5.74) is 1.10. The maximum atomic E-state index is 12.0. The van der Waals surface area contributed by atoms with E-state index >= 15 is 0 Å². The minimum absolute atomic E-state index is 0.0559. The number of halogens is 1. The molecule has 1 saturated carbocycles. The first kappa shape index (κ1) is 12.4. The summed E-state index contributed by atoms with van der Waals surface area (Å²) >= 11 is 5.84. The molecule has 1 aliphatic rings. The zero-order chi connectivity index (χ0) is 12.3. The summed E-state index contributed by atoms with van der Waals surface area (Å²) in [7, 11) is 0. The standard InChI is InChI=1S/C14H18ClNO/c1-10(11-6-8-13(15)9-7-11)16-14(17)12-4-2-3-5-12/h6-10,12H,2-5H2,1H3,(H,16,17). The first-order valence-corrected chi connectivity index (χ1v) is 6.60. The van der Waals surface area contributed by atoms with Gasteiger partial charge in [-0.3, -0.25) is 4.79 Å². The summed E-state index contributed by atoms with van der Waals surface area (Å²) in [6.07, 6.45) is 4.46. The van der Waals surface area contributed by atoms with Crippen LogP contribution in [0.3, 0.4) is 0 Å². The van der Waals surface area contributed by atoms with E-state index in [1.54, 1.807) is 0 Å². The van der Waals surface area contributed by atoms with Crippen LogP contribution in [0.4, 0.5) is 0 Å². The van der Waals surface area contributed by atoms with Crippen LogP contribution in [0.5, 0.6) is 0 Å². The summed E-state index contributed by atoms with van der Waals surface area (Å²) in [4.78, 5) is 12.0. The van der Waals surface area contributed by atoms with Gasteiger partial charge < -0.3 is 5.32 Å². The second-order valence-electron chi connectivity index (χ2n) is 4.76. The molecule has 1 aliphatic carbocycles. The van der Waals surface area contributed by atoms with Crippen molar-refractivity contribution >= 4 is 17.5 Å². The normalized spacial score (nSPS) is 18.0. The van der Waals surface area contributed by atoms with E-state index in [0.29, 0.717) is 0 Å². The molecule has 0 saturated heterocycles. The number of nitrogens with one attached hydrogen (secondary N) is 1. The number of benzene rings is 1. The maximum absolute atomic E-state index is 12.0. The molecular weight excluding hydrogens is 234 g/mol. The van der Waals surface area contributed by atoms with Crippen molar-refractivity contribution in [1.82, 2.24) is 5.32 Å². The minimum atomic E-state index is 0.0559. The molecule has 1 aromatic carbocycles. The Morgan fingerprint density at radius 3 is 2.47 bits per heavy atom. The van der Waals surface area contributed by atoms with Gasteiger partial charge in [-0.25, -0.2) is 0 Å². The first-order valence-electron chi connectivity index (χ1n) is 6.22. The average molecular weight is 252 g/mol. The number of carbonyl (C=O) groups excluding carboxylic acids is 1. The van der Waals surface area contributed by atoms with Crippen LogP contribution in [0.15, 0.2) is 24.3 Å². The SMILES string of the molecule is CC(NC(=O)C1CCCC1)c1ccc(Cl)cc1. The van der Waals surface area contributed by atoms with Gasteiger partial charge in [-0.2, -0.15) is 0 Å². The fourth-order valence-corrected chi connectivity index (χ4v) is 2.48. The Bertz CT molecular complexity index is 382. The molecule has 0 radical (unpaired) electrons. The van der Waals surface area contributed by atoms with Gasteiger partial charge in [0.25, 0.3) is 0 Å². The number of hydrogen-bond acceptors (Lipinski definition) is 1. The van der Waals surface area contributed by atoms with E-state index in [0.717, 1.165) is 23.4 Å². The van der Waals surface area contributed by atoms with Crippen LogP contribution in [-0.4, -0.2) is 5.91 Å². The molecule has 2 rings (SSSR count). The summed E-state index contributed by atoms with van der Waals surface area (Å²) in [6, 6.07) is 7.69. The summed E-state index contributed by atoms with van der Waals surface area (Å²) in [5.74, 6) is 0.426. The van der Waals surface area contributed by atoms with Crippen molar-refractivity contribution in [2.45, 2.75) is 38.6 Å². The Morgan fingerprint density at radius 1 is 1.29 bits per heavy atom.